The van der Waals surface area contributed by atoms with Gasteiger partial charge < -0.3 is 0 Å². The summed E-state index contributed by atoms with van der Waals surface area (Å²) in [6.07, 6.45) is 0. The lowest BCUT2D eigenvalue weighted by molar-refractivity contribution is 1.11. The summed E-state index contributed by atoms with van der Waals surface area (Å²) < 4.78 is 1.08. The number of hydrogen-bond acceptors (Lipinski definition) is 1. The molecule has 2 rings (SSSR count). The highest BCUT2D eigenvalue weighted by Crippen LogP contribution is 2.24. The highest BCUT2D eigenvalue weighted by Gasteiger charge is 2.12. The average Bonchev–Trinajstić information content (AvgIpc) is 2.32. The molecule has 3 heteroatoms. The molecule has 1 heterocycles. The molecule has 0 amide bonds. The molecule has 1 aliphatic heterocycles. The third-order valence-electron chi connectivity index (χ3n) is 1.68. The monoisotopic (exact) mass is 229 g/mol. The molecule has 0 saturated carbocycles. The van der Waals surface area contributed by atoms with Crippen molar-refractivity contribution in [3.8, 4) is 0 Å². The smallest absolute Gasteiger partial charge is 0.131 e. The van der Waals surface area contributed by atoms with Gasteiger partial charge >= 0.3 is 0 Å². The molecule has 1 aromatic rings. The van der Waals surface area contributed by atoms with Crippen LogP contribution in [0.25, 0.3) is 0 Å². The molecule has 1 nitrogen and oxygen atoms in total. The third-order valence-corrected chi connectivity index (χ3v) is 2.49. The first-order valence-electron chi connectivity index (χ1n) is 3.26. The molecule has 0 aromatic heterocycles. The maximum Gasteiger partial charge on any atom is 0.131 e. The SMILES string of the molecule is ClC1=NCc2cc(Br)ccc21. The van der Waals surface area contributed by atoms with E-state index in [0.29, 0.717) is 11.7 Å². The molecule has 0 atom stereocenters. The van der Waals surface area contributed by atoms with E-state index in [2.05, 4.69) is 20.9 Å². The number of halogens is 2. The Morgan fingerprint density at radius 2 is 2.27 bits per heavy atom. The van der Waals surface area contributed by atoms with Crippen LogP contribution in [0.1, 0.15) is 11.1 Å². The Bertz CT molecular complexity index is 333. The van der Waals surface area contributed by atoms with Gasteiger partial charge in [-0.1, -0.05) is 33.6 Å². The molecule has 0 radical (unpaired) electrons. The van der Waals surface area contributed by atoms with Crippen LogP contribution < -0.4 is 0 Å². The molecular formula is C8H5BrClN. The Labute approximate surface area is 78.2 Å². The van der Waals surface area contributed by atoms with Crippen LogP contribution in [0.3, 0.4) is 0 Å². The minimum atomic E-state index is 0.632. The van der Waals surface area contributed by atoms with Crippen LogP contribution in [0.5, 0.6) is 0 Å². The Kier molecular flexibility index (Phi) is 1.74. The number of benzene rings is 1. The molecule has 0 aliphatic carbocycles. The van der Waals surface area contributed by atoms with Crippen LogP contribution in [0.4, 0.5) is 0 Å². The van der Waals surface area contributed by atoms with Gasteiger partial charge in [0.2, 0.25) is 0 Å². The van der Waals surface area contributed by atoms with Crippen LogP contribution >= 0.6 is 27.5 Å². The summed E-state index contributed by atoms with van der Waals surface area (Å²) in [6.45, 7) is 0.716. The molecule has 56 valence electrons. The average molecular weight is 230 g/mol. The fourth-order valence-corrected chi connectivity index (χ4v) is 1.79. The van der Waals surface area contributed by atoms with Crippen molar-refractivity contribution in [2.24, 2.45) is 4.99 Å². The quantitative estimate of drug-likeness (QED) is 0.650. The van der Waals surface area contributed by atoms with Gasteiger partial charge in [-0.05, 0) is 17.7 Å². The first-order valence-corrected chi connectivity index (χ1v) is 4.43. The largest absolute Gasteiger partial charge is 0.268 e. The van der Waals surface area contributed by atoms with Gasteiger partial charge in [0.25, 0.3) is 0 Å². The van der Waals surface area contributed by atoms with Crippen LogP contribution in [-0.4, -0.2) is 5.17 Å². The van der Waals surface area contributed by atoms with Crippen LogP contribution in [0, 0.1) is 0 Å². The highest BCUT2D eigenvalue weighted by atomic mass is 79.9. The van der Waals surface area contributed by atoms with Gasteiger partial charge in [0.15, 0.2) is 0 Å². The molecule has 1 aromatic carbocycles. The molecule has 1 aliphatic rings. The zero-order valence-electron chi connectivity index (χ0n) is 5.64. The van der Waals surface area contributed by atoms with Crippen molar-refractivity contribution < 1.29 is 0 Å². The summed E-state index contributed by atoms with van der Waals surface area (Å²) in [6, 6.07) is 6.01. The summed E-state index contributed by atoms with van der Waals surface area (Å²) in [5.41, 5.74) is 2.26. The first kappa shape index (κ1) is 7.32. The van der Waals surface area contributed by atoms with E-state index >= 15 is 0 Å². The Morgan fingerprint density at radius 3 is 3.09 bits per heavy atom. The van der Waals surface area contributed by atoms with E-state index in [-0.39, 0.29) is 0 Å². The lowest BCUT2D eigenvalue weighted by Gasteiger charge is -1.97. The predicted molar refractivity (Wildman–Crippen MR) is 50.2 cm³/mol. The number of nitrogens with zero attached hydrogens (tertiary/aromatic N) is 1. The van der Waals surface area contributed by atoms with Gasteiger partial charge in [0.05, 0.1) is 6.54 Å². The molecule has 0 unspecified atom stereocenters. The predicted octanol–water partition coefficient (Wildman–Crippen LogP) is 2.95. The van der Waals surface area contributed by atoms with Crippen molar-refractivity contribution in [3.63, 3.8) is 0 Å². The second kappa shape index (κ2) is 2.61. The first-order chi connectivity index (χ1) is 5.27. The molecular weight excluding hydrogens is 225 g/mol. The van der Waals surface area contributed by atoms with Crippen LogP contribution in [0.2, 0.25) is 0 Å². The second-order valence-corrected chi connectivity index (χ2v) is 3.68. The fourth-order valence-electron chi connectivity index (χ4n) is 1.13. The normalized spacial score (nSPS) is 14.5. The van der Waals surface area contributed by atoms with E-state index in [9.17, 15) is 0 Å². The Balaban J connectivity index is 2.58. The van der Waals surface area contributed by atoms with Crippen molar-refractivity contribution in [2.45, 2.75) is 6.54 Å². The summed E-state index contributed by atoms with van der Waals surface area (Å²) >= 11 is 9.22. The summed E-state index contributed by atoms with van der Waals surface area (Å²) in [4.78, 5) is 4.11. The van der Waals surface area contributed by atoms with Gasteiger partial charge in [0, 0.05) is 10.0 Å². The van der Waals surface area contributed by atoms with Gasteiger partial charge in [-0.2, -0.15) is 0 Å². The van der Waals surface area contributed by atoms with Gasteiger partial charge in [-0.3, -0.25) is 4.99 Å². The van der Waals surface area contributed by atoms with Crippen molar-refractivity contribution in [2.75, 3.05) is 0 Å². The highest BCUT2D eigenvalue weighted by molar-refractivity contribution is 9.10. The lowest BCUT2D eigenvalue weighted by Crippen LogP contribution is -1.87. The molecule has 0 bridgehead atoms. The van der Waals surface area contributed by atoms with E-state index in [1.54, 1.807) is 0 Å². The van der Waals surface area contributed by atoms with Crippen molar-refractivity contribution in [3.05, 3.63) is 33.8 Å². The Hall–Kier alpha value is -0.340. The minimum absolute atomic E-state index is 0.632. The van der Waals surface area contributed by atoms with Crippen molar-refractivity contribution >= 4 is 32.7 Å². The van der Waals surface area contributed by atoms with Crippen molar-refractivity contribution in [1.82, 2.24) is 0 Å². The van der Waals surface area contributed by atoms with E-state index < -0.39 is 0 Å². The molecule has 0 N–H and O–H groups in total. The zero-order chi connectivity index (χ0) is 7.84. The Morgan fingerprint density at radius 1 is 1.45 bits per heavy atom. The molecule has 0 saturated heterocycles. The topological polar surface area (TPSA) is 12.4 Å². The standard InChI is InChI=1S/C8H5BrClN/c9-6-1-2-7-5(3-6)4-11-8(7)10/h1-3H,4H2. The molecule has 11 heavy (non-hydrogen) atoms. The lowest BCUT2D eigenvalue weighted by atomic mass is 10.1. The van der Waals surface area contributed by atoms with Crippen LogP contribution in [0.15, 0.2) is 27.7 Å². The van der Waals surface area contributed by atoms with Gasteiger partial charge in [-0.25, -0.2) is 0 Å². The third kappa shape index (κ3) is 1.21. The van der Waals surface area contributed by atoms with Gasteiger partial charge in [0.1, 0.15) is 5.17 Å². The van der Waals surface area contributed by atoms with E-state index in [0.717, 1.165) is 10.0 Å². The second-order valence-electron chi connectivity index (χ2n) is 2.41. The number of hydrogen-bond donors (Lipinski definition) is 0. The molecule has 0 spiro atoms. The van der Waals surface area contributed by atoms with Crippen LogP contribution in [-0.2, 0) is 6.54 Å². The minimum Gasteiger partial charge on any atom is -0.268 e. The van der Waals surface area contributed by atoms with E-state index in [4.69, 9.17) is 11.6 Å². The number of fused-ring (bicyclic) bond motifs is 1. The van der Waals surface area contributed by atoms with Crippen molar-refractivity contribution in [1.29, 1.82) is 0 Å². The summed E-state index contributed by atoms with van der Waals surface area (Å²) in [5.74, 6) is 0. The molecule has 0 fully saturated rings. The number of rotatable bonds is 0. The number of aliphatic imine (C=N–C) groups is 1. The fraction of sp³-hybridized carbons (Fsp3) is 0.125. The van der Waals surface area contributed by atoms with E-state index in [1.165, 1.54) is 5.56 Å². The van der Waals surface area contributed by atoms with E-state index in [1.807, 2.05) is 18.2 Å². The maximum absolute atomic E-state index is 5.83. The summed E-state index contributed by atoms with van der Waals surface area (Å²) in [7, 11) is 0. The zero-order valence-corrected chi connectivity index (χ0v) is 7.98. The maximum atomic E-state index is 5.83. The summed E-state index contributed by atoms with van der Waals surface area (Å²) in [5, 5.41) is 0.632. The van der Waals surface area contributed by atoms with Gasteiger partial charge in [-0.15, -0.1) is 0 Å².